The Labute approximate surface area is 203 Å². The maximum absolute atomic E-state index is 13.1. The Kier molecular flexibility index (Phi) is 9.91. The smallest absolute Gasteiger partial charge is 0.407 e. The Morgan fingerprint density at radius 1 is 1.03 bits per heavy atom. The number of rotatable bonds is 9. The highest BCUT2D eigenvalue weighted by molar-refractivity contribution is 5.78. The number of likely N-dealkylation sites (tertiary alicyclic amines) is 1. The first-order valence-corrected chi connectivity index (χ1v) is 12.0. The second-order valence-corrected chi connectivity index (χ2v) is 10.7. The molecule has 0 aliphatic carbocycles. The van der Waals surface area contributed by atoms with Crippen LogP contribution in [0.2, 0.25) is 0 Å². The summed E-state index contributed by atoms with van der Waals surface area (Å²) in [5.41, 5.74) is -0.321. The van der Waals surface area contributed by atoms with E-state index in [9.17, 15) is 14.4 Å². The van der Waals surface area contributed by atoms with Gasteiger partial charge in [0.15, 0.2) is 0 Å². The number of ether oxygens (including phenoxy) is 3. The summed E-state index contributed by atoms with van der Waals surface area (Å²) in [6, 6.07) is 8.82. The number of benzene rings is 1. The molecular formula is C26H40N2O6. The minimum absolute atomic E-state index is 0.0506. The molecule has 1 fully saturated rings. The lowest BCUT2D eigenvalue weighted by molar-refractivity contribution is -0.162. The molecule has 1 aromatic carbocycles. The third kappa shape index (κ3) is 10.1. The first-order valence-electron chi connectivity index (χ1n) is 12.0. The van der Waals surface area contributed by atoms with Gasteiger partial charge in [0, 0.05) is 19.0 Å². The Morgan fingerprint density at radius 2 is 1.68 bits per heavy atom. The van der Waals surface area contributed by atoms with Gasteiger partial charge in [-0.05, 0) is 72.9 Å². The zero-order chi connectivity index (χ0) is 25.4. The average molecular weight is 477 g/mol. The number of esters is 2. The summed E-state index contributed by atoms with van der Waals surface area (Å²) in [5.74, 6) is -0.729. The van der Waals surface area contributed by atoms with E-state index in [0.717, 1.165) is 18.4 Å². The highest BCUT2D eigenvalue weighted by Crippen LogP contribution is 2.25. The summed E-state index contributed by atoms with van der Waals surface area (Å²) in [7, 11) is 0. The predicted molar refractivity (Wildman–Crippen MR) is 129 cm³/mol. The predicted octanol–water partition coefficient (Wildman–Crippen LogP) is 4.21. The monoisotopic (exact) mass is 476 g/mol. The number of hydrogen-bond donors (Lipinski definition) is 1. The summed E-state index contributed by atoms with van der Waals surface area (Å²) in [6.07, 6.45) is 1.61. The molecule has 1 saturated heterocycles. The summed E-state index contributed by atoms with van der Waals surface area (Å²) >= 11 is 0. The van der Waals surface area contributed by atoms with Gasteiger partial charge in [0.25, 0.3) is 0 Å². The first kappa shape index (κ1) is 27.6. The van der Waals surface area contributed by atoms with Gasteiger partial charge in [-0.15, -0.1) is 0 Å². The van der Waals surface area contributed by atoms with Crippen molar-refractivity contribution in [2.45, 2.75) is 97.1 Å². The highest BCUT2D eigenvalue weighted by atomic mass is 16.6. The fourth-order valence-corrected chi connectivity index (χ4v) is 3.86. The van der Waals surface area contributed by atoms with Crippen LogP contribution >= 0.6 is 0 Å². The molecule has 1 aliphatic rings. The fourth-order valence-electron chi connectivity index (χ4n) is 3.86. The third-order valence-electron chi connectivity index (χ3n) is 5.25. The number of amides is 1. The molecule has 2 atom stereocenters. The Bertz CT molecular complexity index is 813. The quantitative estimate of drug-likeness (QED) is 0.421. The zero-order valence-corrected chi connectivity index (χ0v) is 21.4. The number of nitrogens with one attached hydrogen (secondary N) is 1. The van der Waals surface area contributed by atoms with Crippen LogP contribution in [0.15, 0.2) is 30.3 Å². The summed E-state index contributed by atoms with van der Waals surface area (Å²) in [6.45, 7) is 12.1. The SMILES string of the molecule is CC(C)(C)OC(=O)NCC1CCCN1C(CCC(=O)OCc1ccccc1)C(=O)OC(C)(C)C. The van der Waals surface area contributed by atoms with E-state index in [-0.39, 0.29) is 37.4 Å². The van der Waals surface area contributed by atoms with Crippen molar-refractivity contribution in [1.82, 2.24) is 10.2 Å². The van der Waals surface area contributed by atoms with Gasteiger partial charge in [0.05, 0.1) is 0 Å². The molecule has 0 spiro atoms. The molecule has 2 unspecified atom stereocenters. The van der Waals surface area contributed by atoms with Crippen molar-refractivity contribution in [2.75, 3.05) is 13.1 Å². The van der Waals surface area contributed by atoms with Crippen molar-refractivity contribution in [3.05, 3.63) is 35.9 Å². The maximum Gasteiger partial charge on any atom is 0.407 e. The second-order valence-electron chi connectivity index (χ2n) is 10.7. The van der Waals surface area contributed by atoms with Crippen molar-refractivity contribution >= 4 is 18.0 Å². The van der Waals surface area contributed by atoms with Crippen LogP contribution in [0.4, 0.5) is 4.79 Å². The standard InChI is InChI=1S/C26H40N2O6/c1-25(2,3)33-23(30)21(14-15-22(29)32-18-19-11-8-7-9-12-19)28-16-10-13-20(28)17-27-24(31)34-26(4,5)6/h7-9,11-12,20-21H,10,13-18H2,1-6H3,(H,27,31). The molecule has 190 valence electrons. The third-order valence-corrected chi connectivity index (χ3v) is 5.25. The molecule has 2 rings (SSSR count). The number of carbonyl (C=O) groups excluding carboxylic acids is 3. The van der Waals surface area contributed by atoms with E-state index in [0.29, 0.717) is 13.1 Å². The molecule has 1 N–H and O–H groups in total. The lowest BCUT2D eigenvalue weighted by Gasteiger charge is -2.33. The Balaban J connectivity index is 2.00. The van der Waals surface area contributed by atoms with Gasteiger partial charge in [-0.3, -0.25) is 14.5 Å². The normalized spacial score (nSPS) is 17.6. The zero-order valence-electron chi connectivity index (χ0n) is 21.4. The van der Waals surface area contributed by atoms with Crippen LogP contribution in [0.25, 0.3) is 0 Å². The molecule has 1 heterocycles. The van der Waals surface area contributed by atoms with E-state index in [1.54, 1.807) is 0 Å². The first-order chi connectivity index (χ1) is 15.8. The highest BCUT2D eigenvalue weighted by Gasteiger charge is 2.37. The van der Waals surface area contributed by atoms with E-state index in [1.807, 2.05) is 76.8 Å². The van der Waals surface area contributed by atoms with Gasteiger partial charge < -0.3 is 19.5 Å². The molecule has 0 saturated carbocycles. The van der Waals surface area contributed by atoms with Crippen molar-refractivity contribution in [3.8, 4) is 0 Å². The fraction of sp³-hybridized carbons (Fsp3) is 0.654. The van der Waals surface area contributed by atoms with Crippen LogP contribution in [0.1, 0.15) is 72.8 Å². The number of carbonyl (C=O) groups is 3. The number of hydrogen-bond acceptors (Lipinski definition) is 7. The van der Waals surface area contributed by atoms with E-state index in [4.69, 9.17) is 14.2 Å². The topological polar surface area (TPSA) is 94.2 Å². The van der Waals surface area contributed by atoms with Crippen LogP contribution in [0.3, 0.4) is 0 Å². The van der Waals surface area contributed by atoms with Crippen LogP contribution < -0.4 is 5.32 Å². The molecule has 0 radical (unpaired) electrons. The molecular weight excluding hydrogens is 436 g/mol. The summed E-state index contributed by atoms with van der Waals surface area (Å²) < 4.78 is 16.4. The second kappa shape index (κ2) is 12.2. The molecule has 1 aliphatic heterocycles. The Morgan fingerprint density at radius 3 is 2.29 bits per heavy atom. The Hall–Kier alpha value is -2.61. The van der Waals surface area contributed by atoms with E-state index >= 15 is 0 Å². The van der Waals surface area contributed by atoms with Crippen LogP contribution in [-0.4, -0.2) is 59.3 Å². The van der Waals surface area contributed by atoms with Crippen molar-refractivity contribution < 1.29 is 28.6 Å². The summed E-state index contributed by atoms with van der Waals surface area (Å²) in [4.78, 5) is 39.6. The lowest BCUT2D eigenvalue weighted by Crippen LogP contribution is -2.50. The average Bonchev–Trinajstić information content (AvgIpc) is 3.17. The molecule has 8 nitrogen and oxygen atoms in total. The number of nitrogens with zero attached hydrogens (tertiary/aromatic N) is 1. The van der Waals surface area contributed by atoms with Crippen LogP contribution in [-0.2, 0) is 30.4 Å². The van der Waals surface area contributed by atoms with Crippen LogP contribution in [0.5, 0.6) is 0 Å². The van der Waals surface area contributed by atoms with Crippen molar-refractivity contribution in [1.29, 1.82) is 0 Å². The maximum atomic E-state index is 13.1. The largest absolute Gasteiger partial charge is 0.461 e. The molecule has 0 bridgehead atoms. The van der Waals surface area contributed by atoms with Gasteiger partial charge in [0.2, 0.25) is 0 Å². The minimum atomic E-state index is -0.646. The molecule has 1 aromatic rings. The van der Waals surface area contributed by atoms with Gasteiger partial charge in [0.1, 0.15) is 23.9 Å². The van der Waals surface area contributed by atoms with Crippen molar-refractivity contribution in [3.63, 3.8) is 0 Å². The van der Waals surface area contributed by atoms with E-state index in [2.05, 4.69) is 5.32 Å². The van der Waals surface area contributed by atoms with Gasteiger partial charge in [-0.1, -0.05) is 30.3 Å². The lowest BCUT2D eigenvalue weighted by atomic mass is 10.1. The van der Waals surface area contributed by atoms with E-state index in [1.165, 1.54) is 0 Å². The van der Waals surface area contributed by atoms with Crippen molar-refractivity contribution in [2.24, 2.45) is 0 Å². The molecule has 1 amide bonds. The van der Waals surface area contributed by atoms with Gasteiger partial charge in [-0.2, -0.15) is 0 Å². The summed E-state index contributed by atoms with van der Waals surface area (Å²) in [5, 5.41) is 2.81. The molecule has 0 aromatic heterocycles. The van der Waals surface area contributed by atoms with Crippen LogP contribution in [0, 0.1) is 0 Å². The number of alkyl carbamates (subject to hydrolysis) is 1. The van der Waals surface area contributed by atoms with E-state index < -0.39 is 23.3 Å². The molecule has 34 heavy (non-hydrogen) atoms. The van der Waals surface area contributed by atoms with Gasteiger partial charge in [-0.25, -0.2) is 4.79 Å². The minimum Gasteiger partial charge on any atom is -0.461 e. The molecule has 8 heteroatoms. The van der Waals surface area contributed by atoms with Gasteiger partial charge >= 0.3 is 18.0 Å².